The molecule has 0 radical (unpaired) electrons. The van der Waals surface area contributed by atoms with Crippen LogP contribution >= 0.6 is 15.9 Å². The Morgan fingerprint density at radius 1 is 1.07 bits per heavy atom. The van der Waals surface area contributed by atoms with Crippen LogP contribution < -0.4 is 15.4 Å². The van der Waals surface area contributed by atoms with Crippen molar-refractivity contribution in [3.8, 4) is 5.75 Å². The van der Waals surface area contributed by atoms with E-state index in [9.17, 15) is 14.4 Å². The van der Waals surface area contributed by atoms with Gasteiger partial charge in [-0.3, -0.25) is 9.59 Å². The summed E-state index contributed by atoms with van der Waals surface area (Å²) in [6, 6.07) is 11.3. The van der Waals surface area contributed by atoms with Gasteiger partial charge in [-0.2, -0.15) is 0 Å². The topological polar surface area (TPSA) is 93.7 Å². The Hall–Kier alpha value is -2.87. The molecule has 0 aliphatic carbocycles. The lowest BCUT2D eigenvalue weighted by molar-refractivity contribution is -0.118. The van der Waals surface area contributed by atoms with Crippen molar-refractivity contribution < 1.29 is 23.9 Å². The average Bonchev–Trinajstić information content (AvgIpc) is 2.66. The zero-order valence-corrected chi connectivity index (χ0v) is 16.5. The van der Waals surface area contributed by atoms with Gasteiger partial charge in [0.25, 0.3) is 11.8 Å². The summed E-state index contributed by atoms with van der Waals surface area (Å²) < 4.78 is 10.6. The van der Waals surface area contributed by atoms with E-state index in [1.807, 2.05) is 6.92 Å². The number of rotatable bonds is 7. The number of halogens is 1. The molecule has 0 unspecified atom stereocenters. The van der Waals surface area contributed by atoms with Gasteiger partial charge in [-0.25, -0.2) is 4.79 Å². The van der Waals surface area contributed by atoms with Gasteiger partial charge in [-0.1, -0.05) is 6.07 Å². The number of esters is 1. The van der Waals surface area contributed by atoms with Gasteiger partial charge in [0.05, 0.1) is 17.1 Å². The first-order chi connectivity index (χ1) is 12.9. The quantitative estimate of drug-likeness (QED) is 0.653. The number of carbonyl (C=O) groups is 3. The molecule has 0 saturated heterocycles. The van der Waals surface area contributed by atoms with Crippen LogP contribution in [0.25, 0.3) is 0 Å². The van der Waals surface area contributed by atoms with Crippen LogP contribution in [0, 0.1) is 0 Å². The van der Waals surface area contributed by atoms with Gasteiger partial charge in [-0.05, 0) is 59.3 Å². The lowest BCUT2D eigenvalue weighted by Crippen LogP contribution is -2.23. The van der Waals surface area contributed by atoms with Crippen molar-refractivity contribution in [2.24, 2.45) is 0 Å². The molecule has 0 aliphatic heterocycles. The van der Waals surface area contributed by atoms with E-state index in [1.165, 1.54) is 7.11 Å². The van der Waals surface area contributed by atoms with Crippen molar-refractivity contribution in [2.75, 3.05) is 25.6 Å². The number of carbonyl (C=O) groups excluding carboxylic acids is 3. The first kappa shape index (κ1) is 20.4. The molecule has 0 spiro atoms. The van der Waals surface area contributed by atoms with E-state index >= 15 is 0 Å². The summed E-state index contributed by atoms with van der Waals surface area (Å²) in [6.07, 6.45) is 0. The van der Waals surface area contributed by atoms with Gasteiger partial charge >= 0.3 is 5.97 Å². The maximum Gasteiger partial charge on any atom is 0.337 e. The molecule has 0 bridgehead atoms. The average molecular weight is 435 g/mol. The van der Waals surface area contributed by atoms with Crippen molar-refractivity contribution in [2.45, 2.75) is 6.92 Å². The fourth-order valence-electron chi connectivity index (χ4n) is 2.20. The highest BCUT2D eigenvalue weighted by atomic mass is 79.9. The summed E-state index contributed by atoms with van der Waals surface area (Å²) >= 11 is 3.29. The van der Waals surface area contributed by atoms with Gasteiger partial charge in [0.15, 0.2) is 6.61 Å². The zero-order valence-electron chi connectivity index (χ0n) is 14.9. The Labute approximate surface area is 165 Å². The highest BCUT2D eigenvalue weighted by molar-refractivity contribution is 9.10. The van der Waals surface area contributed by atoms with Crippen molar-refractivity contribution in [3.63, 3.8) is 0 Å². The second kappa shape index (κ2) is 9.72. The zero-order chi connectivity index (χ0) is 19.8. The van der Waals surface area contributed by atoms with Gasteiger partial charge in [0, 0.05) is 17.8 Å². The molecule has 0 heterocycles. The minimum atomic E-state index is -0.466. The Morgan fingerprint density at radius 2 is 1.85 bits per heavy atom. The molecule has 7 nitrogen and oxygen atoms in total. The van der Waals surface area contributed by atoms with Gasteiger partial charge in [0.2, 0.25) is 0 Å². The molecule has 0 atom stereocenters. The minimum Gasteiger partial charge on any atom is -0.483 e. The summed E-state index contributed by atoms with van der Waals surface area (Å²) in [5.41, 5.74) is 1.31. The smallest absolute Gasteiger partial charge is 0.337 e. The van der Waals surface area contributed by atoms with Crippen LogP contribution in [0.4, 0.5) is 5.69 Å². The first-order valence-corrected chi connectivity index (χ1v) is 8.92. The molecule has 2 amide bonds. The Kier molecular flexibility index (Phi) is 7.36. The molecule has 0 saturated carbocycles. The SMILES string of the molecule is CCNC(=O)c1cccc(NC(=O)COc2ccc(C(=O)OC)cc2Br)c1. The van der Waals surface area contributed by atoms with Crippen molar-refractivity contribution in [1.82, 2.24) is 5.32 Å². The van der Waals surface area contributed by atoms with Crippen molar-refractivity contribution in [3.05, 3.63) is 58.1 Å². The van der Waals surface area contributed by atoms with Crippen LogP contribution in [0.5, 0.6) is 5.75 Å². The lowest BCUT2D eigenvalue weighted by Gasteiger charge is -2.10. The second-order valence-corrected chi connectivity index (χ2v) is 6.27. The Morgan fingerprint density at radius 3 is 2.52 bits per heavy atom. The minimum absolute atomic E-state index is 0.209. The van der Waals surface area contributed by atoms with E-state index in [0.717, 1.165) is 0 Å². The maximum atomic E-state index is 12.1. The molecular weight excluding hydrogens is 416 g/mol. The van der Waals surface area contributed by atoms with E-state index in [0.29, 0.717) is 33.6 Å². The molecule has 2 rings (SSSR count). The maximum absolute atomic E-state index is 12.1. The predicted molar refractivity (Wildman–Crippen MR) is 104 cm³/mol. The Balaban J connectivity index is 1.96. The van der Waals surface area contributed by atoms with Crippen LogP contribution in [-0.4, -0.2) is 38.0 Å². The predicted octanol–water partition coefficient (Wildman–Crippen LogP) is 3.00. The van der Waals surface area contributed by atoms with Crippen molar-refractivity contribution >= 4 is 39.4 Å². The van der Waals surface area contributed by atoms with Crippen LogP contribution in [0.15, 0.2) is 46.9 Å². The molecule has 142 valence electrons. The van der Waals surface area contributed by atoms with Gasteiger partial charge in [0.1, 0.15) is 5.75 Å². The monoisotopic (exact) mass is 434 g/mol. The third-order valence-corrected chi connectivity index (χ3v) is 4.08. The molecule has 0 aliphatic rings. The number of amides is 2. The lowest BCUT2D eigenvalue weighted by atomic mass is 10.2. The molecule has 2 N–H and O–H groups in total. The van der Waals surface area contributed by atoms with Crippen LogP contribution in [0.1, 0.15) is 27.6 Å². The number of hydrogen-bond donors (Lipinski definition) is 2. The van der Waals surface area contributed by atoms with E-state index in [4.69, 9.17) is 4.74 Å². The van der Waals surface area contributed by atoms with E-state index < -0.39 is 5.97 Å². The number of benzene rings is 2. The number of methoxy groups -OCH3 is 1. The standard InChI is InChI=1S/C19H19BrN2O5/c1-3-21-18(24)12-5-4-6-14(9-12)22-17(23)11-27-16-8-7-13(10-15(16)20)19(25)26-2/h4-10H,3,11H2,1-2H3,(H,21,24)(H,22,23). The van der Waals surface area contributed by atoms with E-state index in [2.05, 4.69) is 31.3 Å². The number of hydrogen-bond acceptors (Lipinski definition) is 5. The third kappa shape index (κ3) is 5.82. The van der Waals surface area contributed by atoms with Crippen LogP contribution in [0.3, 0.4) is 0 Å². The fraction of sp³-hybridized carbons (Fsp3) is 0.211. The summed E-state index contributed by atoms with van der Waals surface area (Å²) in [6.45, 7) is 2.12. The molecule has 2 aromatic carbocycles. The summed E-state index contributed by atoms with van der Waals surface area (Å²) in [4.78, 5) is 35.4. The summed E-state index contributed by atoms with van der Waals surface area (Å²) in [7, 11) is 1.30. The van der Waals surface area contributed by atoms with Crippen LogP contribution in [-0.2, 0) is 9.53 Å². The van der Waals surface area contributed by atoms with Crippen LogP contribution in [0.2, 0.25) is 0 Å². The third-order valence-electron chi connectivity index (χ3n) is 3.46. The Bertz CT molecular complexity index is 854. The number of ether oxygens (including phenoxy) is 2. The van der Waals surface area contributed by atoms with Crippen molar-refractivity contribution in [1.29, 1.82) is 0 Å². The molecule has 0 fully saturated rings. The second-order valence-electron chi connectivity index (χ2n) is 5.41. The van der Waals surface area contributed by atoms with Gasteiger partial charge in [-0.15, -0.1) is 0 Å². The first-order valence-electron chi connectivity index (χ1n) is 8.13. The fourth-order valence-corrected chi connectivity index (χ4v) is 2.70. The number of anilines is 1. The normalized spacial score (nSPS) is 10.0. The largest absolute Gasteiger partial charge is 0.483 e. The molecule has 27 heavy (non-hydrogen) atoms. The molecule has 8 heteroatoms. The highest BCUT2D eigenvalue weighted by Gasteiger charge is 2.11. The highest BCUT2D eigenvalue weighted by Crippen LogP contribution is 2.26. The van der Waals surface area contributed by atoms with E-state index in [-0.39, 0.29) is 18.4 Å². The van der Waals surface area contributed by atoms with E-state index in [1.54, 1.807) is 42.5 Å². The summed E-state index contributed by atoms with van der Waals surface area (Å²) in [5.74, 6) is -0.646. The number of nitrogens with one attached hydrogen (secondary N) is 2. The molecular formula is C19H19BrN2O5. The molecule has 0 aromatic heterocycles. The van der Waals surface area contributed by atoms with Gasteiger partial charge < -0.3 is 20.1 Å². The summed E-state index contributed by atoms with van der Waals surface area (Å²) in [5, 5.41) is 5.37. The molecule has 2 aromatic rings.